The first-order valence-corrected chi connectivity index (χ1v) is 12.3. The van der Waals surface area contributed by atoms with Crippen LogP contribution in [-0.4, -0.2) is 48.6 Å². The average molecular weight is 492 g/mol. The second kappa shape index (κ2) is 10.2. The van der Waals surface area contributed by atoms with Crippen molar-refractivity contribution < 1.29 is 27.6 Å². The number of hydrogen-bond donors (Lipinski definition) is 1. The van der Waals surface area contributed by atoms with Crippen molar-refractivity contribution in [1.29, 1.82) is 0 Å². The predicted octanol–water partition coefficient (Wildman–Crippen LogP) is 5.27. The first-order chi connectivity index (χ1) is 17.4. The minimum absolute atomic E-state index is 0.106. The highest BCUT2D eigenvalue weighted by atomic mass is 19.1. The molecule has 3 aromatic rings. The lowest BCUT2D eigenvalue weighted by Crippen LogP contribution is -2.68. The summed E-state index contributed by atoms with van der Waals surface area (Å²) >= 11 is 0. The summed E-state index contributed by atoms with van der Waals surface area (Å²) in [5.74, 6) is -0.518. The number of fused-ring (bicyclic) bond motifs is 3. The number of nitrogens with zero attached hydrogens (tertiary/aromatic N) is 1. The molecule has 0 spiro atoms. The molecular weight excluding hydrogens is 462 g/mol. The van der Waals surface area contributed by atoms with Crippen molar-refractivity contribution in [2.75, 3.05) is 26.2 Å². The van der Waals surface area contributed by atoms with Gasteiger partial charge < -0.3 is 14.5 Å². The van der Waals surface area contributed by atoms with E-state index in [1.165, 1.54) is 36.4 Å². The molecule has 7 heteroatoms. The Labute approximate surface area is 209 Å². The van der Waals surface area contributed by atoms with Gasteiger partial charge in [0, 0.05) is 18.4 Å². The minimum Gasteiger partial charge on any atom is -0.436 e. The van der Waals surface area contributed by atoms with Crippen molar-refractivity contribution in [3.05, 3.63) is 107 Å². The molecular formula is C29H29F2N2O3+. The topological polar surface area (TPSA) is 55.4 Å². The van der Waals surface area contributed by atoms with Crippen LogP contribution in [0.15, 0.2) is 78.9 Å². The fourth-order valence-corrected chi connectivity index (χ4v) is 5.65. The fourth-order valence-electron chi connectivity index (χ4n) is 5.65. The summed E-state index contributed by atoms with van der Waals surface area (Å²) < 4.78 is 34.3. The molecule has 36 heavy (non-hydrogen) atoms. The van der Waals surface area contributed by atoms with Crippen LogP contribution in [0.3, 0.4) is 0 Å². The standard InChI is InChI=1S/C29H28F2N2O3/c30-24-10-4-8-22(16-24)28(23-9-5-11-25(31)17-23)36-29(35)32-26-18-33(14-12-20(26)13-15-33)19-27(34)21-6-2-1-3-7-21/h1-11,16-17,20,26,28H,12-15,18-19H2/p+1/t20?,26-,33?/m0/s1. The first kappa shape index (κ1) is 24.1. The van der Waals surface area contributed by atoms with Crippen LogP contribution in [0.1, 0.15) is 40.4 Å². The van der Waals surface area contributed by atoms with Crippen molar-refractivity contribution >= 4 is 11.9 Å². The van der Waals surface area contributed by atoms with Crippen LogP contribution >= 0.6 is 0 Å². The molecule has 3 aliphatic heterocycles. The number of halogens is 2. The molecule has 3 saturated heterocycles. The van der Waals surface area contributed by atoms with Crippen LogP contribution in [0.4, 0.5) is 13.6 Å². The molecule has 0 unspecified atom stereocenters. The molecule has 0 aliphatic carbocycles. The van der Waals surface area contributed by atoms with E-state index in [0.717, 1.165) is 25.9 Å². The summed E-state index contributed by atoms with van der Waals surface area (Å²) in [6.45, 7) is 2.87. The van der Waals surface area contributed by atoms with Gasteiger partial charge in [0.1, 0.15) is 18.2 Å². The number of quaternary nitrogens is 1. The Bertz CT molecular complexity index is 1200. The SMILES string of the molecule is O=C(N[C@H]1C[N+]2(CC(=O)c3ccccc3)CCC1CC2)OC(c1cccc(F)c1)c1cccc(F)c1. The van der Waals surface area contributed by atoms with E-state index in [9.17, 15) is 18.4 Å². The highest BCUT2D eigenvalue weighted by molar-refractivity contribution is 5.96. The minimum atomic E-state index is -0.958. The summed E-state index contributed by atoms with van der Waals surface area (Å²) in [4.78, 5) is 26.0. The largest absolute Gasteiger partial charge is 0.436 e. The molecule has 186 valence electrons. The molecule has 1 atom stereocenters. The zero-order chi connectivity index (χ0) is 25.1. The maximum atomic E-state index is 13.9. The van der Waals surface area contributed by atoms with Crippen LogP contribution in [0.5, 0.6) is 0 Å². The molecule has 3 fully saturated rings. The molecule has 3 aromatic carbocycles. The number of nitrogens with one attached hydrogen (secondary N) is 1. The summed E-state index contributed by atoms with van der Waals surface area (Å²) in [6, 6.07) is 20.7. The molecule has 1 amide bonds. The number of benzene rings is 3. The van der Waals surface area contributed by atoms with E-state index in [4.69, 9.17) is 4.74 Å². The maximum absolute atomic E-state index is 13.9. The van der Waals surface area contributed by atoms with Crippen molar-refractivity contribution in [2.24, 2.45) is 5.92 Å². The number of carbonyl (C=O) groups excluding carboxylic acids is 2. The molecule has 0 radical (unpaired) electrons. The molecule has 2 bridgehead atoms. The Morgan fingerprint density at radius 3 is 2.08 bits per heavy atom. The third kappa shape index (κ3) is 5.31. The van der Waals surface area contributed by atoms with Crippen molar-refractivity contribution in [2.45, 2.75) is 25.0 Å². The van der Waals surface area contributed by atoms with Gasteiger partial charge in [0.25, 0.3) is 0 Å². The Morgan fingerprint density at radius 2 is 1.50 bits per heavy atom. The van der Waals surface area contributed by atoms with Crippen LogP contribution in [-0.2, 0) is 4.74 Å². The van der Waals surface area contributed by atoms with Crippen LogP contribution in [0.25, 0.3) is 0 Å². The summed E-state index contributed by atoms with van der Waals surface area (Å²) in [7, 11) is 0. The maximum Gasteiger partial charge on any atom is 0.408 e. The van der Waals surface area contributed by atoms with Gasteiger partial charge in [0.05, 0.1) is 25.7 Å². The normalized spacial score (nSPS) is 22.9. The number of ether oxygens (including phenoxy) is 1. The van der Waals surface area contributed by atoms with Crippen LogP contribution < -0.4 is 5.32 Å². The number of alkyl carbamates (subject to hydrolysis) is 1. The number of amides is 1. The smallest absolute Gasteiger partial charge is 0.408 e. The fraction of sp³-hybridized carbons (Fsp3) is 0.310. The van der Waals surface area contributed by atoms with Crippen molar-refractivity contribution in [3.8, 4) is 0 Å². The quantitative estimate of drug-likeness (QED) is 0.362. The zero-order valence-corrected chi connectivity index (χ0v) is 19.9. The first-order valence-electron chi connectivity index (χ1n) is 12.3. The molecule has 5 nitrogen and oxygen atoms in total. The van der Waals surface area contributed by atoms with Gasteiger partial charge >= 0.3 is 6.09 Å². The third-order valence-electron chi connectivity index (χ3n) is 7.51. The summed E-state index contributed by atoms with van der Waals surface area (Å²) in [6.07, 6.45) is 0.245. The lowest BCUT2D eigenvalue weighted by atomic mass is 9.81. The van der Waals surface area contributed by atoms with E-state index in [2.05, 4.69) is 5.32 Å². The Kier molecular flexibility index (Phi) is 6.83. The van der Waals surface area contributed by atoms with Gasteiger partial charge in [-0.25, -0.2) is 13.6 Å². The lowest BCUT2D eigenvalue weighted by molar-refractivity contribution is -0.936. The molecule has 3 aliphatic rings. The van der Waals surface area contributed by atoms with E-state index in [1.807, 2.05) is 30.3 Å². The van der Waals surface area contributed by atoms with E-state index in [1.54, 1.807) is 12.1 Å². The van der Waals surface area contributed by atoms with Gasteiger partial charge in [-0.2, -0.15) is 0 Å². The zero-order valence-electron chi connectivity index (χ0n) is 19.9. The van der Waals surface area contributed by atoms with Gasteiger partial charge in [-0.15, -0.1) is 0 Å². The van der Waals surface area contributed by atoms with Crippen LogP contribution in [0, 0.1) is 17.6 Å². The molecule has 1 N–H and O–H groups in total. The van der Waals surface area contributed by atoms with E-state index in [-0.39, 0.29) is 11.8 Å². The van der Waals surface area contributed by atoms with Crippen molar-refractivity contribution in [3.63, 3.8) is 0 Å². The summed E-state index contributed by atoms with van der Waals surface area (Å²) in [5.41, 5.74) is 1.54. The van der Waals surface area contributed by atoms with E-state index < -0.39 is 23.8 Å². The second-order valence-electron chi connectivity index (χ2n) is 9.90. The highest BCUT2D eigenvalue weighted by Gasteiger charge is 2.47. The molecule has 0 saturated carbocycles. The number of ketones is 1. The number of hydrogen-bond acceptors (Lipinski definition) is 3. The van der Waals surface area contributed by atoms with E-state index in [0.29, 0.717) is 40.2 Å². The van der Waals surface area contributed by atoms with Crippen LogP contribution in [0.2, 0.25) is 0 Å². The van der Waals surface area contributed by atoms with Gasteiger partial charge in [0.2, 0.25) is 5.78 Å². The monoisotopic (exact) mass is 491 g/mol. The molecule has 3 heterocycles. The van der Waals surface area contributed by atoms with Gasteiger partial charge in [-0.1, -0.05) is 54.6 Å². The van der Waals surface area contributed by atoms with Gasteiger partial charge in [0.15, 0.2) is 6.10 Å². The number of rotatable bonds is 7. The van der Waals surface area contributed by atoms with Gasteiger partial charge in [-0.3, -0.25) is 4.79 Å². The number of carbonyl (C=O) groups is 2. The molecule has 6 rings (SSSR count). The second-order valence-corrected chi connectivity index (χ2v) is 9.90. The Morgan fingerprint density at radius 1 is 0.889 bits per heavy atom. The third-order valence-corrected chi connectivity index (χ3v) is 7.51. The highest BCUT2D eigenvalue weighted by Crippen LogP contribution is 2.35. The summed E-state index contributed by atoms with van der Waals surface area (Å²) in [5, 5.41) is 3.01. The molecule has 0 aromatic heterocycles. The Balaban J connectivity index is 1.30. The predicted molar refractivity (Wildman–Crippen MR) is 131 cm³/mol. The van der Waals surface area contributed by atoms with Gasteiger partial charge in [-0.05, 0) is 41.3 Å². The van der Waals surface area contributed by atoms with Crippen molar-refractivity contribution in [1.82, 2.24) is 5.32 Å². The van der Waals surface area contributed by atoms with E-state index >= 15 is 0 Å². The number of Topliss-reactive ketones (excluding diaryl/α,β-unsaturated/α-hetero) is 1. The average Bonchev–Trinajstić information content (AvgIpc) is 2.88. The lowest BCUT2D eigenvalue weighted by Gasteiger charge is -2.52. The number of piperidine rings is 3. The Hall–Kier alpha value is -3.58.